The average Bonchev–Trinajstić information content (AvgIpc) is 2.71. The molecule has 104 valence electrons. The summed E-state index contributed by atoms with van der Waals surface area (Å²) in [5.74, 6) is -1.84. The van der Waals surface area contributed by atoms with Gasteiger partial charge in [0.2, 0.25) is 5.91 Å². The molecule has 1 fully saturated rings. The van der Waals surface area contributed by atoms with E-state index in [1.54, 1.807) is 0 Å². The minimum Gasteiger partial charge on any atom is -0.481 e. The van der Waals surface area contributed by atoms with Gasteiger partial charge < -0.3 is 20.3 Å². The number of aliphatic hydroxyl groups excluding tert-OH is 1. The molecule has 0 aromatic carbocycles. The fraction of sp³-hybridized carbons (Fsp3) is 0.833. The number of hydrogen-bond acceptors (Lipinski definition) is 4. The largest absolute Gasteiger partial charge is 0.481 e. The molecule has 0 bridgehead atoms. The van der Waals surface area contributed by atoms with Crippen molar-refractivity contribution in [2.24, 2.45) is 17.8 Å². The first-order valence-corrected chi connectivity index (χ1v) is 6.25. The van der Waals surface area contributed by atoms with Crippen molar-refractivity contribution in [1.29, 1.82) is 0 Å². The second-order valence-electron chi connectivity index (χ2n) is 4.75. The molecule has 1 saturated carbocycles. The van der Waals surface area contributed by atoms with Crippen LogP contribution in [0.1, 0.15) is 19.8 Å². The first kappa shape index (κ1) is 14.9. The standard InChI is InChI=1S/C12H21NO5/c1-8-6-9(10(7-8)12(16)17)11(15)13-2-4-18-5-3-14/h8-10,14H,2-7H2,1H3,(H,13,15)(H,16,17). The van der Waals surface area contributed by atoms with Crippen LogP contribution in [0.15, 0.2) is 0 Å². The molecule has 0 heterocycles. The minimum atomic E-state index is -0.893. The zero-order valence-corrected chi connectivity index (χ0v) is 10.6. The van der Waals surface area contributed by atoms with E-state index in [1.807, 2.05) is 6.92 Å². The van der Waals surface area contributed by atoms with E-state index in [2.05, 4.69) is 5.32 Å². The van der Waals surface area contributed by atoms with E-state index < -0.39 is 17.8 Å². The van der Waals surface area contributed by atoms with E-state index >= 15 is 0 Å². The summed E-state index contributed by atoms with van der Waals surface area (Å²) in [5.41, 5.74) is 0. The van der Waals surface area contributed by atoms with E-state index in [-0.39, 0.29) is 25.0 Å². The molecule has 0 spiro atoms. The Morgan fingerprint density at radius 3 is 2.56 bits per heavy atom. The van der Waals surface area contributed by atoms with Crippen molar-refractivity contribution < 1.29 is 24.5 Å². The summed E-state index contributed by atoms with van der Waals surface area (Å²) in [5, 5.41) is 20.2. The van der Waals surface area contributed by atoms with Crippen molar-refractivity contribution in [3.8, 4) is 0 Å². The number of ether oxygens (including phenoxy) is 1. The molecule has 6 nitrogen and oxygen atoms in total. The second kappa shape index (κ2) is 7.33. The van der Waals surface area contributed by atoms with Crippen LogP contribution in [-0.2, 0) is 14.3 Å². The van der Waals surface area contributed by atoms with Crippen LogP contribution in [0.5, 0.6) is 0 Å². The maximum atomic E-state index is 11.9. The highest BCUT2D eigenvalue weighted by Crippen LogP contribution is 2.36. The molecule has 0 radical (unpaired) electrons. The van der Waals surface area contributed by atoms with E-state index in [0.717, 1.165) is 0 Å². The number of carboxylic acids is 1. The zero-order valence-electron chi connectivity index (χ0n) is 10.6. The molecule has 0 aromatic heterocycles. The second-order valence-corrected chi connectivity index (χ2v) is 4.75. The SMILES string of the molecule is CC1CC(C(=O)O)C(C(=O)NCCOCCO)C1. The number of carbonyl (C=O) groups excluding carboxylic acids is 1. The molecule has 0 saturated heterocycles. The molecule has 3 atom stereocenters. The van der Waals surface area contributed by atoms with Gasteiger partial charge in [0.1, 0.15) is 0 Å². The molecular formula is C12H21NO5. The summed E-state index contributed by atoms with van der Waals surface area (Å²) in [4.78, 5) is 22.9. The summed E-state index contributed by atoms with van der Waals surface area (Å²) < 4.78 is 5.01. The van der Waals surface area contributed by atoms with Crippen LogP contribution < -0.4 is 5.32 Å². The van der Waals surface area contributed by atoms with Gasteiger partial charge in [-0.25, -0.2) is 0 Å². The van der Waals surface area contributed by atoms with Crippen LogP contribution in [0.25, 0.3) is 0 Å². The Kier molecular flexibility index (Phi) is 6.07. The number of carboxylic acid groups (broad SMARTS) is 1. The predicted molar refractivity (Wildman–Crippen MR) is 63.9 cm³/mol. The third kappa shape index (κ3) is 4.27. The van der Waals surface area contributed by atoms with Gasteiger partial charge >= 0.3 is 5.97 Å². The van der Waals surface area contributed by atoms with Gasteiger partial charge in [0.05, 0.1) is 31.7 Å². The lowest BCUT2D eigenvalue weighted by Crippen LogP contribution is -2.37. The molecule has 0 aliphatic heterocycles. The van der Waals surface area contributed by atoms with Crippen LogP contribution in [0.3, 0.4) is 0 Å². The van der Waals surface area contributed by atoms with Crippen LogP contribution in [-0.4, -0.2) is 48.5 Å². The molecule has 1 aliphatic carbocycles. The highest BCUT2D eigenvalue weighted by Gasteiger charge is 2.40. The van der Waals surface area contributed by atoms with Crippen LogP contribution in [0.2, 0.25) is 0 Å². The van der Waals surface area contributed by atoms with E-state index in [1.165, 1.54) is 0 Å². The Labute approximate surface area is 106 Å². The zero-order chi connectivity index (χ0) is 13.5. The molecule has 0 aromatic rings. The summed E-state index contributed by atoms with van der Waals surface area (Å²) in [7, 11) is 0. The Morgan fingerprint density at radius 2 is 1.94 bits per heavy atom. The molecule has 3 N–H and O–H groups in total. The fourth-order valence-corrected chi connectivity index (χ4v) is 2.40. The molecule has 1 rings (SSSR count). The van der Waals surface area contributed by atoms with Gasteiger partial charge in [-0.3, -0.25) is 9.59 Å². The number of rotatable bonds is 7. The smallest absolute Gasteiger partial charge is 0.307 e. The highest BCUT2D eigenvalue weighted by atomic mass is 16.5. The minimum absolute atomic E-state index is 0.0465. The van der Waals surface area contributed by atoms with Crippen molar-refractivity contribution in [3.05, 3.63) is 0 Å². The van der Waals surface area contributed by atoms with Crippen LogP contribution in [0, 0.1) is 17.8 Å². The highest BCUT2D eigenvalue weighted by molar-refractivity contribution is 5.85. The summed E-state index contributed by atoms with van der Waals surface area (Å²) in [6.07, 6.45) is 1.19. The third-order valence-electron chi connectivity index (χ3n) is 3.23. The van der Waals surface area contributed by atoms with Crippen molar-refractivity contribution in [2.75, 3.05) is 26.4 Å². The predicted octanol–water partition coefficient (Wildman–Crippen LogP) is -0.142. The number of aliphatic carboxylic acids is 1. The number of aliphatic hydroxyl groups is 1. The number of nitrogens with one attached hydrogen (secondary N) is 1. The summed E-state index contributed by atoms with van der Waals surface area (Å²) in [6, 6.07) is 0. The lowest BCUT2D eigenvalue weighted by Gasteiger charge is -2.15. The van der Waals surface area contributed by atoms with Crippen LogP contribution in [0.4, 0.5) is 0 Å². The van der Waals surface area contributed by atoms with E-state index in [9.17, 15) is 9.59 Å². The maximum Gasteiger partial charge on any atom is 0.307 e. The number of carbonyl (C=O) groups is 2. The first-order valence-electron chi connectivity index (χ1n) is 6.25. The average molecular weight is 259 g/mol. The van der Waals surface area contributed by atoms with Crippen molar-refractivity contribution in [2.45, 2.75) is 19.8 Å². The van der Waals surface area contributed by atoms with Gasteiger partial charge in [-0.15, -0.1) is 0 Å². The fourth-order valence-electron chi connectivity index (χ4n) is 2.40. The summed E-state index contributed by atoms with van der Waals surface area (Å²) in [6.45, 7) is 2.83. The van der Waals surface area contributed by atoms with Crippen molar-refractivity contribution >= 4 is 11.9 Å². The van der Waals surface area contributed by atoms with Gasteiger partial charge in [0, 0.05) is 6.54 Å². The molecule has 18 heavy (non-hydrogen) atoms. The lowest BCUT2D eigenvalue weighted by atomic mass is 9.95. The van der Waals surface area contributed by atoms with Gasteiger partial charge in [0.15, 0.2) is 0 Å². The molecule has 6 heteroatoms. The topological polar surface area (TPSA) is 95.9 Å². The Bertz CT molecular complexity index is 294. The molecule has 3 unspecified atom stereocenters. The number of amides is 1. The number of hydrogen-bond donors (Lipinski definition) is 3. The normalized spacial score (nSPS) is 27.1. The Balaban J connectivity index is 2.33. The van der Waals surface area contributed by atoms with Gasteiger partial charge in [-0.1, -0.05) is 6.92 Å². The molecular weight excluding hydrogens is 238 g/mol. The Hall–Kier alpha value is -1.14. The molecule has 1 amide bonds. The van der Waals surface area contributed by atoms with Gasteiger partial charge in [-0.05, 0) is 18.8 Å². The van der Waals surface area contributed by atoms with Gasteiger partial charge in [-0.2, -0.15) is 0 Å². The maximum absolute atomic E-state index is 11.9. The van der Waals surface area contributed by atoms with Gasteiger partial charge in [0.25, 0.3) is 0 Å². The third-order valence-corrected chi connectivity index (χ3v) is 3.23. The Morgan fingerprint density at radius 1 is 1.28 bits per heavy atom. The monoisotopic (exact) mass is 259 g/mol. The van der Waals surface area contributed by atoms with Crippen molar-refractivity contribution in [1.82, 2.24) is 5.32 Å². The lowest BCUT2D eigenvalue weighted by molar-refractivity contribution is -0.146. The summed E-state index contributed by atoms with van der Waals surface area (Å²) >= 11 is 0. The van der Waals surface area contributed by atoms with Crippen LogP contribution >= 0.6 is 0 Å². The van der Waals surface area contributed by atoms with E-state index in [0.29, 0.717) is 26.0 Å². The van der Waals surface area contributed by atoms with E-state index in [4.69, 9.17) is 14.9 Å². The van der Waals surface area contributed by atoms with Crippen molar-refractivity contribution in [3.63, 3.8) is 0 Å². The molecule has 1 aliphatic rings. The quantitative estimate of drug-likeness (QED) is 0.553. The first-order chi connectivity index (χ1) is 8.56.